The smallest absolute Gasteiger partial charge is 0.323 e. The third kappa shape index (κ3) is 2.92. The quantitative estimate of drug-likeness (QED) is 0.649. The molecule has 2 aromatic rings. The van der Waals surface area contributed by atoms with Crippen molar-refractivity contribution < 1.29 is 0 Å². The second kappa shape index (κ2) is 4.86. The summed E-state index contributed by atoms with van der Waals surface area (Å²) in [6.07, 6.45) is 1.01. The molecule has 1 heterocycles. The van der Waals surface area contributed by atoms with E-state index in [2.05, 4.69) is 29.1 Å². The number of nitrogens with one attached hydrogen (secondary N) is 3. The van der Waals surface area contributed by atoms with Crippen LogP contribution in [0, 0.1) is 5.41 Å². The van der Waals surface area contributed by atoms with Crippen LogP contribution in [0.3, 0.4) is 0 Å². The third-order valence-electron chi connectivity index (χ3n) is 3.20. The molecule has 0 aliphatic heterocycles. The molecule has 0 amide bonds. The lowest BCUT2D eigenvalue weighted by atomic mass is 9.90. The molecule has 0 aliphatic carbocycles. The highest BCUT2D eigenvalue weighted by Gasteiger charge is 2.14. The van der Waals surface area contributed by atoms with Gasteiger partial charge in [-0.05, 0) is 36.6 Å². The van der Waals surface area contributed by atoms with Gasteiger partial charge < -0.3 is 21.0 Å². The zero-order valence-electron chi connectivity index (χ0n) is 10.8. The minimum Gasteiger partial charge on any atom is -0.385 e. The van der Waals surface area contributed by atoms with Gasteiger partial charge >= 0.3 is 5.69 Å². The number of nitrogens with two attached hydrogens (primary N) is 1. The van der Waals surface area contributed by atoms with E-state index in [0.29, 0.717) is 6.54 Å². The molecule has 0 fully saturated rings. The van der Waals surface area contributed by atoms with Crippen LogP contribution in [0.5, 0.6) is 0 Å². The van der Waals surface area contributed by atoms with Crippen LogP contribution in [0.1, 0.15) is 20.3 Å². The predicted octanol–water partition coefficient (Wildman–Crippen LogP) is 1.64. The first-order valence-electron chi connectivity index (χ1n) is 6.16. The fraction of sp³-hybridized carbons (Fsp3) is 0.462. The lowest BCUT2D eigenvalue weighted by Gasteiger charge is -2.22. The summed E-state index contributed by atoms with van der Waals surface area (Å²) in [7, 11) is 0. The van der Waals surface area contributed by atoms with Crippen LogP contribution in [0.4, 0.5) is 5.69 Å². The summed E-state index contributed by atoms with van der Waals surface area (Å²) in [5.41, 5.74) is 8.32. The second-order valence-corrected chi connectivity index (χ2v) is 5.38. The zero-order valence-corrected chi connectivity index (χ0v) is 10.8. The van der Waals surface area contributed by atoms with Gasteiger partial charge in [-0.2, -0.15) is 0 Å². The maximum Gasteiger partial charge on any atom is 0.323 e. The van der Waals surface area contributed by atoms with Crippen LogP contribution in [0.25, 0.3) is 11.0 Å². The highest BCUT2D eigenvalue weighted by atomic mass is 16.1. The topological polar surface area (TPSA) is 86.7 Å². The Hall–Kier alpha value is -1.75. The Bertz CT molecular complexity index is 582. The van der Waals surface area contributed by atoms with E-state index in [1.165, 1.54) is 0 Å². The lowest BCUT2D eigenvalue weighted by Crippen LogP contribution is -2.26. The Morgan fingerprint density at radius 3 is 2.72 bits per heavy atom. The highest BCUT2D eigenvalue weighted by molar-refractivity contribution is 5.78. The van der Waals surface area contributed by atoms with E-state index in [-0.39, 0.29) is 11.1 Å². The Balaban J connectivity index is 2.01. The standard InChI is InChI=1S/C13H20N4O/c1-13(2,8-14)5-6-15-9-3-4-10-11(7-9)17-12(18)16-10/h3-4,7,15H,5-6,8,14H2,1-2H3,(H2,16,17,18). The van der Waals surface area contributed by atoms with Crippen molar-refractivity contribution in [3.05, 3.63) is 28.7 Å². The molecule has 5 N–H and O–H groups in total. The molecule has 98 valence electrons. The van der Waals surface area contributed by atoms with E-state index in [1.54, 1.807) is 0 Å². The normalized spacial score (nSPS) is 11.9. The Kier molecular flexibility index (Phi) is 3.43. The van der Waals surface area contributed by atoms with Crippen molar-refractivity contribution in [2.45, 2.75) is 20.3 Å². The Morgan fingerprint density at radius 1 is 1.28 bits per heavy atom. The van der Waals surface area contributed by atoms with Crippen molar-refractivity contribution in [2.24, 2.45) is 11.1 Å². The van der Waals surface area contributed by atoms with Gasteiger partial charge in [0.15, 0.2) is 0 Å². The van der Waals surface area contributed by atoms with Crippen molar-refractivity contribution in [2.75, 3.05) is 18.4 Å². The first kappa shape index (κ1) is 12.7. The summed E-state index contributed by atoms with van der Waals surface area (Å²) in [4.78, 5) is 16.6. The fourth-order valence-electron chi connectivity index (χ4n) is 1.79. The molecule has 0 saturated carbocycles. The molecule has 18 heavy (non-hydrogen) atoms. The molecule has 0 bridgehead atoms. The molecule has 5 heteroatoms. The van der Waals surface area contributed by atoms with Gasteiger partial charge in [-0.3, -0.25) is 0 Å². The van der Waals surface area contributed by atoms with E-state index in [0.717, 1.165) is 29.7 Å². The number of aromatic nitrogens is 2. The van der Waals surface area contributed by atoms with Crippen LogP contribution in [0.2, 0.25) is 0 Å². The molecule has 0 spiro atoms. The van der Waals surface area contributed by atoms with Crippen LogP contribution in [-0.2, 0) is 0 Å². The Morgan fingerprint density at radius 2 is 2.00 bits per heavy atom. The van der Waals surface area contributed by atoms with Crippen molar-refractivity contribution in [1.29, 1.82) is 0 Å². The van der Waals surface area contributed by atoms with Crippen molar-refractivity contribution in [3.8, 4) is 0 Å². The predicted molar refractivity (Wildman–Crippen MR) is 74.9 cm³/mol. The first-order valence-corrected chi connectivity index (χ1v) is 6.16. The van der Waals surface area contributed by atoms with Gasteiger partial charge in [0.25, 0.3) is 0 Å². The molecule has 5 nitrogen and oxygen atoms in total. The number of benzene rings is 1. The average molecular weight is 248 g/mol. The van der Waals surface area contributed by atoms with E-state index in [9.17, 15) is 4.79 Å². The number of hydrogen-bond donors (Lipinski definition) is 4. The minimum absolute atomic E-state index is 0.152. The van der Waals surface area contributed by atoms with Crippen LogP contribution >= 0.6 is 0 Å². The van der Waals surface area contributed by atoms with Gasteiger partial charge in [-0.15, -0.1) is 0 Å². The molecule has 1 aromatic heterocycles. The number of rotatable bonds is 5. The summed E-state index contributed by atoms with van der Waals surface area (Å²) in [5.74, 6) is 0. The van der Waals surface area contributed by atoms with Gasteiger partial charge in [-0.1, -0.05) is 13.8 Å². The molecule has 0 radical (unpaired) electrons. The maximum absolute atomic E-state index is 11.1. The Labute approximate surface area is 106 Å². The summed E-state index contributed by atoms with van der Waals surface area (Å²) < 4.78 is 0. The zero-order chi connectivity index (χ0) is 13.2. The molecule has 1 aromatic carbocycles. The molecule has 0 saturated heterocycles. The van der Waals surface area contributed by atoms with Crippen molar-refractivity contribution in [3.63, 3.8) is 0 Å². The van der Waals surface area contributed by atoms with Crippen molar-refractivity contribution in [1.82, 2.24) is 9.97 Å². The van der Waals surface area contributed by atoms with Gasteiger partial charge in [0.1, 0.15) is 0 Å². The molecule has 0 unspecified atom stereocenters. The highest BCUT2D eigenvalue weighted by Crippen LogP contribution is 2.19. The number of fused-ring (bicyclic) bond motifs is 1. The fourth-order valence-corrected chi connectivity index (χ4v) is 1.79. The van der Waals surface area contributed by atoms with Crippen molar-refractivity contribution >= 4 is 16.7 Å². The summed E-state index contributed by atoms with van der Waals surface area (Å²) >= 11 is 0. The van der Waals surface area contributed by atoms with E-state index >= 15 is 0 Å². The van der Waals surface area contributed by atoms with Gasteiger partial charge in [-0.25, -0.2) is 4.79 Å². The third-order valence-corrected chi connectivity index (χ3v) is 3.20. The van der Waals surface area contributed by atoms with Gasteiger partial charge in [0, 0.05) is 12.2 Å². The number of aromatic amines is 2. The number of imidazole rings is 1. The molecular weight excluding hydrogens is 228 g/mol. The number of H-pyrrole nitrogens is 2. The minimum atomic E-state index is -0.175. The molecule has 0 atom stereocenters. The summed E-state index contributed by atoms with van der Waals surface area (Å²) in [5, 5.41) is 3.34. The monoisotopic (exact) mass is 248 g/mol. The summed E-state index contributed by atoms with van der Waals surface area (Å²) in [6, 6.07) is 5.79. The molecule has 2 rings (SSSR count). The largest absolute Gasteiger partial charge is 0.385 e. The van der Waals surface area contributed by atoms with E-state index in [4.69, 9.17) is 5.73 Å². The molecule has 0 aliphatic rings. The lowest BCUT2D eigenvalue weighted by molar-refractivity contribution is 0.358. The van der Waals surface area contributed by atoms with Crippen LogP contribution in [-0.4, -0.2) is 23.1 Å². The first-order chi connectivity index (χ1) is 8.50. The van der Waals surface area contributed by atoms with E-state index in [1.807, 2.05) is 18.2 Å². The van der Waals surface area contributed by atoms with Crippen LogP contribution in [0.15, 0.2) is 23.0 Å². The number of anilines is 1. The average Bonchev–Trinajstić information content (AvgIpc) is 2.68. The maximum atomic E-state index is 11.1. The van der Waals surface area contributed by atoms with Gasteiger partial charge in [0.2, 0.25) is 0 Å². The molecular formula is C13H20N4O. The van der Waals surface area contributed by atoms with E-state index < -0.39 is 0 Å². The number of hydrogen-bond acceptors (Lipinski definition) is 3. The van der Waals surface area contributed by atoms with Gasteiger partial charge in [0.05, 0.1) is 11.0 Å². The summed E-state index contributed by atoms with van der Waals surface area (Å²) in [6.45, 7) is 5.85. The van der Waals surface area contributed by atoms with Crippen LogP contribution < -0.4 is 16.7 Å². The SMILES string of the molecule is CC(C)(CN)CCNc1ccc2[nH]c(=O)[nH]c2c1. The second-order valence-electron chi connectivity index (χ2n) is 5.38.